The number of aromatic nitrogens is 7. The third kappa shape index (κ3) is 3.16. The van der Waals surface area contributed by atoms with Gasteiger partial charge in [-0.2, -0.15) is 15.5 Å². The maximum atomic E-state index is 9.24. The lowest BCUT2D eigenvalue weighted by atomic mass is 9.85. The molecular formula is C20H22N8. The number of rotatable bonds is 4. The highest BCUT2D eigenvalue weighted by atomic mass is 15.3. The third-order valence-corrected chi connectivity index (χ3v) is 4.85. The largest absolute Gasteiger partial charge is 0.284 e. The fourth-order valence-electron chi connectivity index (χ4n) is 3.34. The van der Waals surface area contributed by atoms with Crippen molar-refractivity contribution in [1.29, 1.82) is 5.26 Å². The Labute approximate surface area is 163 Å². The highest BCUT2D eigenvalue weighted by molar-refractivity contribution is 5.68. The zero-order valence-corrected chi connectivity index (χ0v) is 16.4. The smallest absolute Gasteiger partial charge is 0.149 e. The van der Waals surface area contributed by atoms with E-state index in [2.05, 4.69) is 42.0 Å². The molecule has 0 aromatic carbocycles. The second-order valence-electron chi connectivity index (χ2n) is 7.98. The topological polar surface area (TPSA) is 89.6 Å². The molecule has 4 rings (SSSR count). The molecule has 0 saturated heterocycles. The van der Waals surface area contributed by atoms with E-state index in [1.807, 2.05) is 40.8 Å². The zero-order chi connectivity index (χ0) is 19.9. The fourth-order valence-corrected chi connectivity index (χ4v) is 3.34. The Morgan fingerprint density at radius 1 is 1.14 bits per heavy atom. The molecule has 0 aliphatic rings. The highest BCUT2D eigenvalue weighted by Crippen LogP contribution is 2.34. The summed E-state index contributed by atoms with van der Waals surface area (Å²) in [5.74, 6) is 0.754. The minimum Gasteiger partial charge on any atom is -0.284 e. The summed E-state index contributed by atoms with van der Waals surface area (Å²) in [6, 6.07) is 4.20. The summed E-state index contributed by atoms with van der Waals surface area (Å²) in [6.45, 7) is 6.35. The Morgan fingerprint density at radius 2 is 1.93 bits per heavy atom. The van der Waals surface area contributed by atoms with Crippen molar-refractivity contribution in [2.75, 3.05) is 0 Å². The molecule has 8 nitrogen and oxygen atoms in total. The van der Waals surface area contributed by atoms with Gasteiger partial charge >= 0.3 is 0 Å². The van der Waals surface area contributed by atoms with Crippen LogP contribution in [0.25, 0.3) is 28.3 Å². The summed E-state index contributed by atoms with van der Waals surface area (Å²) < 4.78 is 5.57. The molecule has 4 heterocycles. The van der Waals surface area contributed by atoms with Crippen LogP contribution in [0.4, 0.5) is 0 Å². The first-order valence-electron chi connectivity index (χ1n) is 9.11. The zero-order valence-electron chi connectivity index (χ0n) is 16.4. The first kappa shape index (κ1) is 17.9. The molecule has 0 aliphatic heterocycles. The Morgan fingerprint density at radius 3 is 2.61 bits per heavy atom. The Kier molecular flexibility index (Phi) is 4.23. The predicted molar refractivity (Wildman–Crippen MR) is 105 cm³/mol. The van der Waals surface area contributed by atoms with Crippen molar-refractivity contribution >= 4 is 5.65 Å². The molecule has 1 unspecified atom stereocenters. The van der Waals surface area contributed by atoms with E-state index in [-0.39, 0.29) is 11.5 Å². The van der Waals surface area contributed by atoms with Gasteiger partial charge in [-0.05, 0) is 5.41 Å². The Balaban J connectivity index is 1.83. The first-order chi connectivity index (χ1) is 13.4. The summed E-state index contributed by atoms with van der Waals surface area (Å²) in [5, 5.41) is 18.0. The second kappa shape index (κ2) is 6.60. The van der Waals surface area contributed by atoms with Crippen molar-refractivity contribution in [3.8, 4) is 28.7 Å². The number of hydrogen-bond acceptors (Lipinski definition) is 5. The van der Waals surface area contributed by atoms with Gasteiger partial charge in [0.2, 0.25) is 0 Å². The predicted octanol–water partition coefficient (Wildman–Crippen LogP) is 3.49. The van der Waals surface area contributed by atoms with E-state index >= 15 is 0 Å². The lowest BCUT2D eigenvalue weighted by molar-refractivity contribution is 0.228. The monoisotopic (exact) mass is 374 g/mol. The number of imidazole rings is 1. The summed E-state index contributed by atoms with van der Waals surface area (Å²) in [5.41, 5.74) is 3.33. The molecule has 4 aromatic heterocycles. The van der Waals surface area contributed by atoms with Gasteiger partial charge in [0.15, 0.2) is 0 Å². The van der Waals surface area contributed by atoms with Gasteiger partial charge in [0.25, 0.3) is 0 Å². The lowest BCUT2D eigenvalue weighted by Crippen LogP contribution is -2.24. The van der Waals surface area contributed by atoms with Crippen LogP contribution >= 0.6 is 0 Å². The van der Waals surface area contributed by atoms with Crippen LogP contribution in [-0.4, -0.2) is 33.9 Å². The molecule has 8 heteroatoms. The molecule has 4 aromatic rings. The quantitative estimate of drug-likeness (QED) is 0.545. The van der Waals surface area contributed by atoms with E-state index in [1.165, 1.54) is 0 Å². The standard InChI is InChI=1S/C20H22N8/c1-20(2,3)17(5-6-21)28-13-15(11-24-28)19-25-16(14-10-23-26(4)12-14)9-18-22-7-8-27(18)19/h7-13,17H,5H2,1-4H3. The third-order valence-electron chi connectivity index (χ3n) is 4.85. The van der Waals surface area contributed by atoms with Crippen LogP contribution in [0, 0.1) is 16.7 Å². The Bertz CT molecular complexity index is 1160. The van der Waals surface area contributed by atoms with E-state index in [1.54, 1.807) is 23.3 Å². The summed E-state index contributed by atoms with van der Waals surface area (Å²) >= 11 is 0. The van der Waals surface area contributed by atoms with Crippen molar-refractivity contribution in [3.05, 3.63) is 43.2 Å². The maximum Gasteiger partial charge on any atom is 0.149 e. The molecule has 0 saturated carbocycles. The fraction of sp³-hybridized carbons (Fsp3) is 0.350. The molecule has 0 aliphatic carbocycles. The lowest BCUT2D eigenvalue weighted by Gasteiger charge is -2.28. The number of hydrogen-bond donors (Lipinski definition) is 0. The summed E-state index contributed by atoms with van der Waals surface area (Å²) in [6.07, 6.45) is 11.5. The summed E-state index contributed by atoms with van der Waals surface area (Å²) in [4.78, 5) is 9.29. The second-order valence-corrected chi connectivity index (χ2v) is 7.98. The molecule has 0 spiro atoms. The minimum atomic E-state index is -0.0890. The van der Waals surface area contributed by atoms with Crippen LogP contribution in [-0.2, 0) is 7.05 Å². The average molecular weight is 374 g/mol. The molecule has 0 fully saturated rings. The van der Waals surface area contributed by atoms with E-state index in [0.717, 1.165) is 28.3 Å². The molecule has 0 N–H and O–H groups in total. The average Bonchev–Trinajstić information content (AvgIpc) is 3.37. The molecule has 0 radical (unpaired) electrons. The van der Waals surface area contributed by atoms with E-state index in [9.17, 15) is 5.26 Å². The van der Waals surface area contributed by atoms with E-state index in [0.29, 0.717) is 6.42 Å². The van der Waals surface area contributed by atoms with Gasteiger partial charge in [0.05, 0.1) is 42.2 Å². The van der Waals surface area contributed by atoms with Crippen molar-refractivity contribution in [2.45, 2.75) is 33.2 Å². The van der Waals surface area contributed by atoms with Crippen LogP contribution in [0.15, 0.2) is 43.2 Å². The van der Waals surface area contributed by atoms with Gasteiger partial charge in [-0.15, -0.1) is 0 Å². The normalized spacial score (nSPS) is 13.0. The highest BCUT2D eigenvalue weighted by Gasteiger charge is 2.27. The van der Waals surface area contributed by atoms with Gasteiger partial charge in [0, 0.05) is 43.5 Å². The number of fused-ring (bicyclic) bond motifs is 1. The Hall–Kier alpha value is -3.47. The van der Waals surface area contributed by atoms with Crippen LogP contribution in [0.1, 0.15) is 33.2 Å². The number of aryl methyl sites for hydroxylation is 1. The van der Waals surface area contributed by atoms with Gasteiger partial charge in [-0.3, -0.25) is 13.8 Å². The van der Waals surface area contributed by atoms with Crippen molar-refractivity contribution in [2.24, 2.45) is 12.5 Å². The van der Waals surface area contributed by atoms with Crippen LogP contribution in [0.5, 0.6) is 0 Å². The van der Waals surface area contributed by atoms with Gasteiger partial charge in [-0.25, -0.2) is 9.97 Å². The van der Waals surface area contributed by atoms with E-state index < -0.39 is 0 Å². The van der Waals surface area contributed by atoms with Crippen LogP contribution < -0.4 is 0 Å². The molecular weight excluding hydrogens is 352 g/mol. The van der Waals surface area contributed by atoms with Gasteiger partial charge < -0.3 is 0 Å². The minimum absolute atomic E-state index is 0.0222. The molecule has 28 heavy (non-hydrogen) atoms. The maximum absolute atomic E-state index is 9.24. The molecule has 142 valence electrons. The van der Waals surface area contributed by atoms with Crippen LogP contribution in [0.3, 0.4) is 0 Å². The number of nitrogens with zero attached hydrogens (tertiary/aromatic N) is 8. The van der Waals surface area contributed by atoms with Crippen molar-refractivity contribution in [1.82, 2.24) is 33.9 Å². The van der Waals surface area contributed by atoms with E-state index in [4.69, 9.17) is 4.98 Å². The van der Waals surface area contributed by atoms with Gasteiger partial charge in [-0.1, -0.05) is 20.8 Å². The molecule has 0 amide bonds. The van der Waals surface area contributed by atoms with Gasteiger partial charge in [0.1, 0.15) is 11.5 Å². The van der Waals surface area contributed by atoms with Crippen molar-refractivity contribution in [3.63, 3.8) is 0 Å². The van der Waals surface area contributed by atoms with Crippen LogP contribution in [0.2, 0.25) is 0 Å². The SMILES string of the molecule is Cn1cc(-c2cc3nccn3c(-c3cnn(C(CC#N)C(C)(C)C)c3)n2)cn1. The first-order valence-corrected chi connectivity index (χ1v) is 9.11. The molecule has 1 atom stereocenters. The van der Waals surface area contributed by atoms with Crippen molar-refractivity contribution < 1.29 is 0 Å². The molecule has 0 bridgehead atoms. The number of nitriles is 1. The summed E-state index contributed by atoms with van der Waals surface area (Å²) in [7, 11) is 1.88.